The summed E-state index contributed by atoms with van der Waals surface area (Å²) in [7, 11) is 1.81. The molecule has 4 heteroatoms. The van der Waals surface area contributed by atoms with Gasteiger partial charge in [0, 0.05) is 7.05 Å². The van der Waals surface area contributed by atoms with Crippen molar-refractivity contribution in [2.24, 2.45) is 5.92 Å². The molecule has 1 unspecified atom stereocenters. The van der Waals surface area contributed by atoms with Gasteiger partial charge in [-0.1, -0.05) is 12.8 Å². The number of nitrogens with zero attached hydrogens (tertiary/aromatic N) is 1. The number of carbonyl (C=O) groups excluding carboxylic acids is 2. The predicted octanol–water partition coefficient (Wildman–Crippen LogP) is 1.06. The SMILES string of the molecule is CN1C(=O)C(C)(C2CC2)NC(=O)C12CCCC2. The first kappa shape index (κ1) is 11.1. The highest BCUT2D eigenvalue weighted by Crippen LogP contribution is 2.46. The van der Waals surface area contributed by atoms with Crippen LogP contribution in [-0.2, 0) is 9.59 Å². The molecule has 2 amide bonds. The van der Waals surface area contributed by atoms with Crippen molar-refractivity contribution in [3.8, 4) is 0 Å². The van der Waals surface area contributed by atoms with E-state index in [1.54, 1.807) is 4.90 Å². The van der Waals surface area contributed by atoms with Gasteiger partial charge in [-0.25, -0.2) is 0 Å². The molecule has 1 saturated heterocycles. The summed E-state index contributed by atoms with van der Waals surface area (Å²) in [6.45, 7) is 1.89. The van der Waals surface area contributed by atoms with Gasteiger partial charge in [-0.05, 0) is 38.5 Å². The molecule has 94 valence electrons. The monoisotopic (exact) mass is 236 g/mol. The summed E-state index contributed by atoms with van der Waals surface area (Å²) in [5.74, 6) is 0.535. The second-order valence-corrected chi connectivity index (χ2v) is 6.03. The van der Waals surface area contributed by atoms with Gasteiger partial charge in [0.2, 0.25) is 11.8 Å². The van der Waals surface area contributed by atoms with E-state index in [1.165, 1.54) is 0 Å². The van der Waals surface area contributed by atoms with Crippen molar-refractivity contribution >= 4 is 11.8 Å². The summed E-state index contributed by atoms with van der Waals surface area (Å²) in [5, 5.41) is 3.04. The zero-order chi connectivity index (χ0) is 12.3. The number of rotatable bonds is 1. The van der Waals surface area contributed by atoms with Crippen LogP contribution in [0.1, 0.15) is 45.4 Å². The average molecular weight is 236 g/mol. The summed E-state index contributed by atoms with van der Waals surface area (Å²) < 4.78 is 0. The lowest BCUT2D eigenvalue weighted by Crippen LogP contribution is -2.74. The van der Waals surface area contributed by atoms with Crippen LogP contribution in [0.15, 0.2) is 0 Å². The normalized spacial score (nSPS) is 36.5. The fourth-order valence-electron chi connectivity index (χ4n) is 3.56. The van der Waals surface area contributed by atoms with Gasteiger partial charge in [0.05, 0.1) is 0 Å². The molecule has 4 nitrogen and oxygen atoms in total. The molecule has 0 radical (unpaired) electrons. The summed E-state index contributed by atoms with van der Waals surface area (Å²) in [6.07, 6.45) is 5.85. The highest BCUT2D eigenvalue weighted by Gasteiger charge is 2.60. The van der Waals surface area contributed by atoms with E-state index in [-0.39, 0.29) is 11.8 Å². The van der Waals surface area contributed by atoms with Crippen molar-refractivity contribution in [2.75, 3.05) is 7.05 Å². The van der Waals surface area contributed by atoms with Crippen LogP contribution in [0.3, 0.4) is 0 Å². The summed E-state index contributed by atoms with van der Waals surface area (Å²) >= 11 is 0. The molecule has 3 fully saturated rings. The second kappa shape index (κ2) is 3.24. The Hall–Kier alpha value is -1.06. The molecule has 1 spiro atoms. The Labute approximate surface area is 102 Å². The first-order valence-corrected chi connectivity index (χ1v) is 6.61. The van der Waals surface area contributed by atoms with E-state index in [0.29, 0.717) is 5.92 Å². The number of piperazine rings is 1. The molecular weight excluding hydrogens is 216 g/mol. The molecule has 1 atom stereocenters. The van der Waals surface area contributed by atoms with Crippen LogP contribution in [0.5, 0.6) is 0 Å². The topological polar surface area (TPSA) is 49.4 Å². The minimum atomic E-state index is -0.639. The van der Waals surface area contributed by atoms with Crippen LogP contribution in [0.2, 0.25) is 0 Å². The van der Waals surface area contributed by atoms with Gasteiger partial charge in [0.25, 0.3) is 0 Å². The molecule has 0 aromatic heterocycles. The molecule has 3 rings (SSSR count). The lowest BCUT2D eigenvalue weighted by Gasteiger charge is -2.49. The van der Waals surface area contributed by atoms with Crippen molar-refractivity contribution in [3.05, 3.63) is 0 Å². The Morgan fingerprint density at radius 3 is 2.35 bits per heavy atom. The molecule has 2 aliphatic carbocycles. The van der Waals surface area contributed by atoms with Gasteiger partial charge in [-0.15, -0.1) is 0 Å². The number of hydrogen-bond acceptors (Lipinski definition) is 2. The summed E-state index contributed by atoms with van der Waals surface area (Å²) in [6, 6.07) is 0. The highest BCUT2D eigenvalue weighted by molar-refractivity contribution is 6.02. The van der Waals surface area contributed by atoms with Gasteiger partial charge in [0.15, 0.2) is 0 Å². The molecule has 1 N–H and O–H groups in total. The highest BCUT2D eigenvalue weighted by atomic mass is 16.2. The van der Waals surface area contributed by atoms with Gasteiger partial charge in [-0.3, -0.25) is 9.59 Å². The number of likely N-dealkylation sites (N-methyl/N-ethyl adjacent to an activating group) is 1. The average Bonchev–Trinajstić information content (AvgIpc) is 3.04. The van der Waals surface area contributed by atoms with E-state index in [1.807, 2.05) is 14.0 Å². The Morgan fingerprint density at radius 1 is 1.24 bits per heavy atom. The molecule has 1 heterocycles. The molecule has 0 bridgehead atoms. The van der Waals surface area contributed by atoms with E-state index in [4.69, 9.17) is 0 Å². The lowest BCUT2D eigenvalue weighted by molar-refractivity contribution is -0.161. The standard InChI is InChI=1S/C13H20N2O2/c1-12(9-5-6-9)11(17)15(2)13(10(16)14-12)7-3-4-8-13/h9H,3-8H2,1-2H3,(H,14,16). The van der Waals surface area contributed by atoms with Crippen LogP contribution in [-0.4, -0.2) is 34.8 Å². The first-order chi connectivity index (χ1) is 8.01. The maximum absolute atomic E-state index is 12.5. The van der Waals surface area contributed by atoms with E-state index in [0.717, 1.165) is 38.5 Å². The molecule has 0 aromatic carbocycles. The molecule has 0 aromatic rings. The number of hydrogen-bond donors (Lipinski definition) is 1. The van der Waals surface area contributed by atoms with Gasteiger partial charge in [-0.2, -0.15) is 0 Å². The Kier molecular flexibility index (Phi) is 2.11. The molecular formula is C13H20N2O2. The Balaban J connectivity index is 1.95. The summed E-state index contributed by atoms with van der Waals surface area (Å²) in [5.41, 5.74) is -1.18. The van der Waals surface area contributed by atoms with Crippen molar-refractivity contribution in [2.45, 2.75) is 56.5 Å². The lowest BCUT2D eigenvalue weighted by atomic mass is 9.83. The third-order valence-corrected chi connectivity index (χ3v) is 5.01. The quantitative estimate of drug-likeness (QED) is 0.740. The number of carbonyl (C=O) groups is 2. The molecule has 3 aliphatic rings. The molecule has 1 aliphatic heterocycles. The predicted molar refractivity (Wildman–Crippen MR) is 63.2 cm³/mol. The minimum Gasteiger partial charge on any atom is -0.340 e. The third-order valence-electron chi connectivity index (χ3n) is 5.01. The Morgan fingerprint density at radius 2 is 1.82 bits per heavy atom. The third kappa shape index (κ3) is 1.30. The van der Waals surface area contributed by atoms with Crippen molar-refractivity contribution < 1.29 is 9.59 Å². The second-order valence-electron chi connectivity index (χ2n) is 6.03. The zero-order valence-electron chi connectivity index (χ0n) is 10.6. The van der Waals surface area contributed by atoms with Crippen molar-refractivity contribution in [1.29, 1.82) is 0 Å². The van der Waals surface area contributed by atoms with Crippen molar-refractivity contribution in [3.63, 3.8) is 0 Å². The van der Waals surface area contributed by atoms with Crippen molar-refractivity contribution in [1.82, 2.24) is 10.2 Å². The van der Waals surface area contributed by atoms with Gasteiger partial charge < -0.3 is 10.2 Å². The Bertz CT molecular complexity index is 383. The van der Waals surface area contributed by atoms with Crippen LogP contribution in [0.4, 0.5) is 0 Å². The largest absolute Gasteiger partial charge is 0.340 e. The smallest absolute Gasteiger partial charge is 0.248 e. The van der Waals surface area contributed by atoms with Crippen LogP contribution in [0, 0.1) is 5.92 Å². The van der Waals surface area contributed by atoms with Crippen LogP contribution in [0.25, 0.3) is 0 Å². The van der Waals surface area contributed by atoms with Gasteiger partial charge in [0.1, 0.15) is 11.1 Å². The fraction of sp³-hybridized carbons (Fsp3) is 0.846. The van der Waals surface area contributed by atoms with E-state index in [2.05, 4.69) is 5.32 Å². The number of amides is 2. The first-order valence-electron chi connectivity index (χ1n) is 6.61. The van der Waals surface area contributed by atoms with Crippen LogP contribution < -0.4 is 5.32 Å². The maximum Gasteiger partial charge on any atom is 0.248 e. The molecule has 17 heavy (non-hydrogen) atoms. The van der Waals surface area contributed by atoms with Gasteiger partial charge >= 0.3 is 0 Å². The summed E-state index contributed by atoms with van der Waals surface area (Å²) in [4.78, 5) is 26.7. The zero-order valence-corrected chi connectivity index (χ0v) is 10.6. The van der Waals surface area contributed by atoms with E-state index < -0.39 is 11.1 Å². The van der Waals surface area contributed by atoms with E-state index >= 15 is 0 Å². The van der Waals surface area contributed by atoms with Crippen LogP contribution >= 0.6 is 0 Å². The maximum atomic E-state index is 12.5. The fourth-order valence-corrected chi connectivity index (χ4v) is 3.56. The minimum absolute atomic E-state index is 0.0755. The molecule has 2 saturated carbocycles. The van der Waals surface area contributed by atoms with E-state index in [9.17, 15) is 9.59 Å². The number of nitrogens with one attached hydrogen (secondary N) is 1.